The minimum absolute atomic E-state index is 0.135. The van der Waals surface area contributed by atoms with Crippen LogP contribution in [0.25, 0.3) is 0 Å². The zero-order chi connectivity index (χ0) is 22.0. The normalized spacial score (nSPS) is 14.8. The SMILES string of the molecule is COc1cc(C(=O)NC(C)c2nc(C)c(C(=O)O)s2)ccc1N1CCC(=O)NC1=O. The number of nitrogens with one attached hydrogen (secondary N) is 2. The van der Waals surface area contributed by atoms with Gasteiger partial charge in [-0.15, -0.1) is 11.3 Å². The van der Waals surface area contributed by atoms with E-state index in [4.69, 9.17) is 9.84 Å². The highest BCUT2D eigenvalue weighted by Gasteiger charge is 2.27. The monoisotopic (exact) mass is 432 g/mol. The number of amides is 4. The maximum absolute atomic E-state index is 12.7. The molecule has 1 aromatic heterocycles. The van der Waals surface area contributed by atoms with Crippen LogP contribution < -0.4 is 20.3 Å². The van der Waals surface area contributed by atoms with Gasteiger partial charge in [-0.05, 0) is 32.0 Å². The number of carbonyl (C=O) groups excluding carboxylic acids is 3. The summed E-state index contributed by atoms with van der Waals surface area (Å²) in [6.07, 6.45) is 0.167. The Morgan fingerprint density at radius 2 is 2.10 bits per heavy atom. The van der Waals surface area contributed by atoms with Crippen LogP contribution in [0.3, 0.4) is 0 Å². The van der Waals surface area contributed by atoms with Crippen LogP contribution in [0.2, 0.25) is 0 Å². The van der Waals surface area contributed by atoms with Gasteiger partial charge in [-0.3, -0.25) is 19.8 Å². The number of aryl methyl sites for hydroxylation is 1. The number of hydrogen-bond acceptors (Lipinski definition) is 7. The topological polar surface area (TPSA) is 138 Å². The number of carbonyl (C=O) groups is 4. The molecule has 1 fully saturated rings. The van der Waals surface area contributed by atoms with Crippen LogP contribution in [-0.4, -0.2) is 47.6 Å². The third kappa shape index (κ3) is 4.25. The van der Waals surface area contributed by atoms with E-state index < -0.39 is 23.9 Å². The summed E-state index contributed by atoms with van der Waals surface area (Å²) in [6.45, 7) is 3.52. The van der Waals surface area contributed by atoms with Gasteiger partial charge in [-0.1, -0.05) is 0 Å². The summed E-state index contributed by atoms with van der Waals surface area (Å²) in [4.78, 5) is 53.0. The summed E-state index contributed by atoms with van der Waals surface area (Å²) in [5, 5.41) is 14.7. The summed E-state index contributed by atoms with van der Waals surface area (Å²) in [5.41, 5.74) is 1.13. The zero-order valence-electron chi connectivity index (χ0n) is 16.5. The second-order valence-corrected chi connectivity index (χ2v) is 7.64. The van der Waals surface area contributed by atoms with Gasteiger partial charge in [0.15, 0.2) is 0 Å². The highest BCUT2D eigenvalue weighted by Crippen LogP contribution is 2.31. The molecule has 0 bridgehead atoms. The van der Waals surface area contributed by atoms with Gasteiger partial charge in [0.05, 0.1) is 24.5 Å². The van der Waals surface area contributed by atoms with Gasteiger partial charge in [0, 0.05) is 18.5 Å². The Balaban J connectivity index is 1.78. The van der Waals surface area contributed by atoms with Gasteiger partial charge in [-0.25, -0.2) is 14.6 Å². The molecule has 1 aliphatic heterocycles. The number of carboxylic acid groups (broad SMARTS) is 1. The van der Waals surface area contributed by atoms with Crippen LogP contribution in [0.1, 0.15) is 50.1 Å². The predicted octanol–water partition coefficient (Wildman–Crippen LogP) is 2.10. The molecule has 0 aliphatic carbocycles. The van der Waals surface area contributed by atoms with Crippen LogP contribution in [-0.2, 0) is 4.79 Å². The Labute approximate surface area is 175 Å². The van der Waals surface area contributed by atoms with E-state index in [0.717, 1.165) is 11.3 Å². The zero-order valence-corrected chi connectivity index (χ0v) is 17.3. The lowest BCUT2D eigenvalue weighted by Crippen LogP contribution is -2.49. The van der Waals surface area contributed by atoms with Crippen molar-refractivity contribution in [3.8, 4) is 5.75 Å². The number of rotatable bonds is 6. The summed E-state index contributed by atoms with van der Waals surface area (Å²) in [7, 11) is 1.42. The molecule has 1 saturated heterocycles. The van der Waals surface area contributed by atoms with Gasteiger partial charge in [-0.2, -0.15) is 0 Å². The van der Waals surface area contributed by atoms with Crippen molar-refractivity contribution in [1.29, 1.82) is 0 Å². The van der Waals surface area contributed by atoms with Gasteiger partial charge >= 0.3 is 12.0 Å². The number of methoxy groups -OCH3 is 1. The molecule has 10 nitrogen and oxygen atoms in total. The molecule has 158 valence electrons. The van der Waals surface area contributed by atoms with Crippen molar-refractivity contribution in [3.05, 3.63) is 39.3 Å². The molecule has 3 rings (SSSR count). The summed E-state index contributed by atoms with van der Waals surface area (Å²) in [5.74, 6) is -1.50. The number of aromatic nitrogens is 1. The summed E-state index contributed by atoms with van der Waals surface area (Å²) < 4.78 is 5.34. The van der Waals surface area contributed by atoms with Crippen LogP contribution >= 0.6 is 11.3 Å². The average molecular weight is 432 g/mol. The van der Waals surface area contributed by atoms with Crippen molar-refractivity contribution in [3.63, 3.8) is 0 Å². The second kappa shape index (κ2) is 8.49. The minimum Gasteiger partial charge on any atom is -0.495 e. The Hall–Kier alpha value is -3.47. The largest absolute Gasteiger partial charge is 0.495 e. The van der Waals surface area contributed by atoms with Crippen LogP contribution in [0.15, 0.2) is 18.2 Å². The van der Waals surface area contributed by atoms with E-state index in [2.05, 4.69) is 15.6 Å². The van der Waals surface area contributed by atoms with E-state index in [1.807, 2.05) is 0 Å². The molecule has 1 aromatic carbocycles. The number of thiazole rings is 1. The number of benzene rings is 1. The van der Waals surface area contributed by atoms with Gasteiger partial charge in [0.2, 0.25) is 5.91 Å². The van der Waals surface area contributed by atoms with E-state index in [1.54, 1.807) is 26.0 Å². The van der Waals surface area contributed by atoms with Crippen molar-refractivity contribution in [2.45, 2.75) is 26.3 Å². The molecule has 3 N–H and O–H groups in total. The second-order valence-electron chi connectivity index (χ2n) is 6.61. The Kier molecular flexibility index (Phi) is 6.01. The molecular formula is C19H20N4O6S. The molecule has 1 atom stereocenters. The standard InChI is InChI=1S/C19H20N4O6S/c1-9-15(18(26)27)30-17(21-9)10(2)20-16(25)11-4-5-12(13(8-11)29-3)23-7-6-14(24)22-19(23)28/h4-5,8,10H,6-7H2,1-3H3,(H,20,25)(H,26,27)(H,22,24,28). The lowest BCUT2D eigenvalue weighted by molar-refractivity contribution is -0.120. The Morgan fingerprint density at radius 1 is 1.37 bits per heavy atom. The Bertz CT molecular complexity index is 1030. The van der Waals surface area contributed by atoms with Crippen LogP contribution in [0.4, 0.5) is 10.5 Å². The number of ether oxygens (including phenoxy) is 1. The maximum Gasteiger partial charge on any atom is 0.347 e. The predicted molar refractivity (Wildman–Crippen MR) is 108 cm³/mol. The molecule has 30 heavy (non-hydrogen) atoms. The minimum atomic E-state index is -1.06. The highest BCUT2D eigenvalue weighted by molar-refractivity contribution is 7.13. The first-order valence-corrected chi connectivity index (χ1v) is 9.83. The molecule has 0 radical (unpaired) electrons. The Morgan fingerprint density at radius 3 is 2.70 bits per heavy atom. The first-order chi connectivity index (χ1) is 14.2. The molecule has 4 amide bonds. The molecule has 1 unspecified atom stereocenters. The molecule has 11 heteroatoms. The van der Waals surface area contributed by atoms with E-state index in [-0.39, 0.29) is 23.7 Å². The highest BCUT2D eigenvalue weighted by atomic mass is 32.1. The number of aromatic carboxylic acids is 1. The molecule has 0 spiro atoms. The summed E-state index contributed by atoms with van der Waals surface area (Å²) >= 11 is 1.01. The van der Waals surface area contributed by atoms with E-state index in [1.165, 1.54) is 18.1 Å². The number of imide groups is 1. The number of hydrogen-bond donors (Lipinski definition) is 3. The van der Waals surface area contributed by atoms with E-state index >= 15 is 0 Å². The molecule has 1 aliphatic rings. The quantitative estimate of drug-likeness (QED) is 0.635. The molecular weight excluding hydrogens is 412 g/mol. The lowest BCUT2D eigenvalue weighted by atomic mass is 10.1. The third-order valence-electron chi connectivity index (χ3n) is 4.51. The lowest BCUT2D eigenvalue weighted by Gasteiger charge is -2.28. The fourth-order valence-corrected chi connectivity index (χ4v) is 3.89. The number of urea groups is 1. The fourth-order valence-electron chi connectivity index (χ4n) is 2.98. The fraction of sp³-hybridized carbons (Fsp3) is 0.316. The van der Waals surface area contributed by atoms with Crippen molar-refractivity contribution in [1.82, 2.24) is 15.6 Å². The smallest absolute Gasteiger partial charge is 0.347 e. The first kappa shape index (κ1) is 21.2. The molecule has 0 saturated carbocycles. The molecule has 2 heterocycles. The van der Waals surface area contributed by atoms with Crippen LogP contribution in [0, 0.1) is 6.92 Å². The number of carboxylic acids is 1. The van der Waals surface area contributed by atoms with Crippen molar-refractivity contribution < 1.29 is 29.0 Å². The van der Waals surface area contributed by atoms with Crippen LogP contribution in [0.5, 0.6) is 5.75 Å². The van der Waals surface area contributed by atoms with Gasteiger partial charge < -0.3 is 15.2 Å². The van der Waals surface area contributed by atoms with Crippen molar-refractivity contribution in [2.75, 3.05) is 18.6 Å². The van der Waals surface area contributed by atoms with Crippen molar-refractivity contribution >= 4 is 40.8 Å². The maximum atomic E-state index is 12.7. The van der Waals surface area contributed by atoms with E-state index in [0.29, 0.717) is 27.7 Å². The van der Waals surface area contributed by atoms with E-state index in [9.17, 15) is 19.2 Å². The summed E-state index contributed by atoms with van der Waals surface area (Å²) in [6, 6.07) is 3.56. The first-order valence-electron chi connectivity index (χ1n) is 9.02. The average Bonchev–Trinajstić information content (AvgIpc) is 3.10. The van der Waals surface area contributed by atoms with Gasteiger partial charge in [0.1, 0.15) is 15.6 Å². The third-order valence-corrected chi connectivity index (χ3v) is 5.84. The van der Waals surface area contributed by atoms with Crippen molar-refractivity contribution in [2.24, 2.45) is 0 Å². The molecule has 2 aromatic rings. The number of nitrogens with zero attached hydrogens (tertiary/aromatic N) is 2. The van der Waals surface area contributed by atoms with Gasteiger partial charge in [0.25, 0.3) is 5.91 Å². The number of anilines is 1.